The van der Waals surface area contributed by atoms with E-state index < -0.39 is 4.92 Å². The molecule has 34 heavy (non-hydrogen) atoms. The van der Waals surface area contributed by atoms with Gasteiger partial charge in [0.2, 0.25) is 0 Å². The third-order valence-electron chi connectivity index (χ3n) is 5.21. The number of thioether (sulfide) groups is 1. The van der Waals surface area contributed by atoms with E-state index in [1.165, 1.54) is 36.0 Å². The Bertz CT molecular complexity index is 1310. The van der Waals surface area contributed by atoms with Crippen LogP contribution in [0, 0.1) is 24.0 Å². The van der Waals surface area contributed by atoms with Crippen LogP contribution in [0.4, 0.5) is 5.69 Å². The van der Waals surface area contributed by atoms with Gasteiger partial charge in [-0.3, -0.25) is 19.6 Å². The van der Waals surface area contributed by atoms with E-state index in [1.807, 2.05) is 36.7 Å². The summed E-state index contributed by atoms with van der Waals surface area (Å²) in [6.07, 6.45) is 1.76. The number of methoxy groups -OCH3 is 1. The van der Waals surface area contributed by atoms with Gasteiger partial charge < -0.3 is 9.47 Å². The van der Waals surface area contributed by atoms with E-state index in [0.29, 0.717) is 26.3 Å². The van der Waals surface area contributed by atoms with Crippen LogP contribution in [0.5, 0.6) is 11.5 Å². The molecule has 0 bridgehead atoms. The van der Waals surface area contributed by atoms with Crippen LogP contribution >= 0.6 is 24.0 Å². The maximum atomic E-state index is 13.1. The minimum Gasteiger partial charge on any atom is -0.493 e. The first kappa shape index (κ1) is 23.5. The third-order valence-corrected chi connectivity index (χ3v) is 6.49. The topological polar surface area (TPSA) is 86.8 Å². The lowest BCUT2D eigenvalue weighted by Crippen LogP contribution is -2.39. The van der Waals surface area contributed by atoms with Crippen LogP contribution < -0.4 is 14.5 Å². The molecular formula is C24H21N3O5S2. The van der Waals surface area contributed by atoms with Crippen molar-refractivity contribution in [3.05, 3.63) is 92.1 Å². The molecule has 0 radical (unpaired) electrons. The third kappa shape index (κ3) is 4.68. The molecule has 0 unspecified atom stereocenters. The Balaban J connectivity index is 1.54. The SMILES string of the molecule is COc1cc(/C=C2/SC(=S)N(n3c(C)ccc3C)C2=O)ccc1OCc1cccc([N+](=O)[O-])c1. The van der Waals surface area contributed by atoms with Crippen LogP contribution in [0.3, 0.4) is 0 Å². The van der Waals surface area contributed by atoms with Gasteiger partial charge in [0.25, 0.3) is 11.6 Å². The van der Waals surface area contributed by atoms with E-state index in [9.17, 15) is 14.9 Å². The van der Waals surface area contributed by atoms with Crippen LogP contribution in [0.25, 0.3) is 6.08 Å². The minimum absolute atomic E-state index is 0.00558. The summed E-state index contributed by atoms with van der Waals surface area (Å²) in [4.78, 5) is 24.1. The predicted octanol–water partition coefficient (Wildman–Crippen LogP) is 5.14. The average Bonchev–Trinajstić information content (AvgIpc) is 3.29. The predicted molar refractivity (Wildman–Crippen MR) is 136 cm³/mol. The Hall–Kier alpha value is -3.63. The van der Waals surface area contributed by atoms with Crippen molar-refractivity contribution in [2.45, 2.75) is 20.5 Å². The number of aromatic nitrogens is 1. The van der Waals surface area contributed by atoms with Gasteiger partial charge in [0, 0.05) is 23.5 Å². The summed E-state index contributed by atoms with van der Waals surface area (Å²) in [6, 6.07) is 15.5. The average molecular weight is 496 g/mol. The van der Waals surface area contributed by atoms with Crippen LogP contribution in [0.15, 0.2) is 59.5 Å². The summed E-state index contributed by atoms with van der Waals surface area (Å²) in [5.41, 5.74) is 3.26. The highest BCUT2D eigenvalue weighted by atomic mass is 32.2. The molecule has 1 aliphatic heterocycles. The van der Waals surface area contributed by atoms with Crippen molar-refractivity contribution in [3.8, 4) is 11.5 Å². The van der Waals surface area contributed by atoms with Gasteiger partial charge in [0.05, 0.1) is 16.9 Å². The Morgan fingerprint density at radius 2 is 1.82 bits per heavy atom. The number of thiocarbonyl (C=S) groups is 1. The number of amides is 1. The first-order valence-electron chi connectivity index (χ1n) is 10.3. The summed E-state index contributed by atoms with van der Waals surface area (Å²) in [5, 5.41) is 12.5. The maximum Gasteiger partial charge on any atom is 0.285 e. The van der Waals surface area contributed by atoms with E-state index >= 15 is 0 Å². The Morgan fingerprint density at radius 3 is 2.50 bits per heavy atom. The first-order chi connectivity index (χ1) is 16.3. The number of ether oxygens (including phenoxy) is 2. The molecule has 0 N–H and O–H groups in total. The van der Waals surface area contributed by atoms with Gasteiger partial charge in [0.15, 0.2) is 15.8 Å². The fraction of sp³-hybridized carbons (Fsp3) is 0.167. The highest BCUT2D eigenvalue weighted by molar-refractivity contribution is 8.27. The van der Waals surface area contributed by atoms with Crippen molar-refractivity contribution in [1.29, 1.82) is 0 Å². The van der Waals surface area contributed by atoms with E-state index in [0.717, 1.165) is 17.0 Å². The molecule has 8 nitrogen and oxygen atoms in total. The van der Waals surface area contributed by atoms with E-state index in [4.69, 9.17) is 21.7 Å². The fourth-order valence-electron chi connectivity index (χ4n) is 3.57. The summed E-state index contributed by atoms with van der Waals surface area (Å²) >= 11 is 6.72. The largest absolute Gasteiger partial charge is 0.493 e. The van der Waals surface area contributed by atoms with Gasteiger partial charge in [-0.1, -0.05) is 30.0 Å². The molecule has 1 aliphatic rings. The second-order valence-corrected chi connectivity index (χ2v) is 9.22. The number of nitrogens with zero attached hydrogens (tertiary/aromatic N) is 3. The molecule has 0 atom stereocenters. The van der Waals surface area contributed by atoms with Gasteiger partial charge in [-0.2, -0.15) is 5.01 Å². The second-order valence-electron chi connectivity index (χ2n) is 7.55. The van der Waals surface area contributed by atoms with Gasteiger partial charge in [-0.05, 0) is 67.5 Å². The molecule has 174 valence electrons. The summed E-state index contributed by atoms with van der Waals surface area (Å²) < 4.78 is 13.6. The number of non-ortho nitro benzene ring substituents is 1. The number of nitro benzene ring substituents is 1. The summed E-state index contributed by atoms with van der Waals surface area (Å²) in [7, 11) is 1.52. The van der Waals surface area contributed by atoms with E-state index in [1.54, 1.807) is 30.3 Å². The van der Waals surface area contributed by atoms with E-state index in [2.05, 4.69) is 0 Å². The molecule has 1 fully saturated rings. The number of aryl methyl sites for hydroxylation is 2. The smallest absolute Gasteiger partial charge is 0.285 e. The van der Waals surface area contributed by atoms with Crippen LogP contribution in [0.1, 0.15) is 22.5 Å². The van der Waals surface area contributed by atoms with Crippen LogP contribution in [0.2, 0.25) is 0 Å². The standard InChI is InChI=1S/C24H21N3O5S2/c1-15-7-8-16(2)25(15)26-23(28)22(34-24(26)33)13-17-9-10-20(21(12-17)31-3)32-14-18-5-4-6-19(11-18)27(29)30/h4-13H,14H2,1-3H3/b22-13+. The van der Waals surface area contributed by atoms with Gasteiger partial charge in [-0.25, -0.2) is 0 Å². The molecule has 1 aromatic heterocycles. The number of benzene rings is 2. The highest BCUT2D eigenvalue weighted by Gasteiger charge is 2.34. The lowest BCUT2D eigenvalue weighted by Gasteiger charge is -2.20. The second kappa shape index (κ2) is 9.70. The Kier molecular flexibility index (Phi) is 6.71. The van der Waals surface area contributed by atoms with Gasteiger partial charge in [0.1, 0.15) is 6.61 Å². The molecule has 1 amide bonds. The molecular weight excluding hydrogens is 474 g/mol. The van der Waals surface area contributed by atoms with Crippen LogP contribution in [-0.4, -0.2) is 26.9 Å². The van der Waals surface area contributed by atoms with Crippen molar-refractivity contribution >= 4 is 46.0 Å². The molecule has 0 aliphatic carbocycles. The molecule has 1 saturated heterocycles. The van der Waals surface area contributed by atoms with Crippen molar-refractivity contribution in [3.63, 3.8) is 0 Å². The molecule has 2 heterocycles. The van der Waals surface area contributed by atoms with Crippen molar-refractivity contribution in [2.24, 2.45) is 0 Å². The van der Waals surface area contributed by atoms with Gasteiger partial charge >= 0.3 is 0 Å². The number of hydrogen-bond acceptors (Lipinski definition) is 7. The summed E-state index contributed by atoms with van der Waals surface area (Å²) in [6.45, 7) is 3.99. The monoisotopic (exact) mass is 495 g/mol. The van der Waals surface area contributed by atoms with Gasteiger partial charge in [-0.15, -0.1) is 0 Å². The highest BCUT2D eigenvalue weighted by Crippen LogP contribution is 2.35. The van der Waals surface area contributed by atoms with E-state index in [-0.39, 0.29) is 18.2 Å². The lowest BCUT2D eigenvalue weighted by atomic mass is 10.1. The Labute approximate surface area is 205 Å². The molecule has 2 aromatic carbocycles. The molecule has 4 rings (SSSR count). The number of rotatable bonds is 7. The molecule has 3 aromatic rings. The zero-order valence-corrected chi connectivity index (χ0v) is 20.3. The maximum absolute atomic E-state index is 13.1. The number of carbonyl (C=O) groups is 1. The van der Waals surface area contributed by atoms with Crippen molar-refractivity contribution in [1.82, 2.24) is 4.68 Å². The number of nitro groups is 1. The van der Waals surface area contributed by atoms with Crippen molar-refractivity contribution in [2.75, 3.05) is 12.1 Å². The Morgan fingerprint density at radius 1 is 1.09 bits per heavy atom. The number of hydrogen-bond donors (Lipinski definition) is 0. The number of carbonyl (C=O) groups excluding carboxylic acids is 1. The fourth-order valence-corrected chi connectivity index (χ4v) is 4.82. The molecule has 0 spiro atoms. The first-order valence-corrected chi connectivity index (χ1v) is 11.5. The normalized spacial score (nSPS) is 14.7. The zero-order chi connectivity index (χ0) is 24.4. The van der Waals surface area contributed by atoms with Crippen LogP contribution in [-0.2, 0) is 11.4 Å². The quantitative estimate of drug-likeness (QED) is 0.194. The van der Waals surface area contributed by atoms with Crippen molar-refractivity contribution < 1.29 is 19.2 Å². The summed E-state index contributed by atoms with van der Waals surface area (Å²) in [5.74, 6) is 0.770. The zero-order valence-electron chi connectivity index (χ0n) is 18.7. The molecule has 10 heteroatoms. The minimum atomic E-state index is -0.444. The lowest BCUT2D eigenvalue weighted by molar-refractivity contribution is -0.384. The molecule has 0 saturated carbocycles.